The van der Waals surface area contributed by atoms with Crippen molar-refractivity contribution in [1.82, 2.24) is 4.90 Å². The van der Waals surface area contributed by atoms with Gasteiger partial charge >= 0.3 is 0 Å². The van der Waals surface area contributed by atoms with Gasteiger partial charge in [-0.15, -0.1) is 0 Å². The van der Waals surface area contributed by atoms with Gasteiger partial charge in [-0.05, 0) is 29.2 Å². The van der Waals surface area contributed by atoms with Crippen LogP contribution in [0.4, 0.5) is 0 Å². The number of likely N-dealkylation sites (tertiary alicyclic amines) is 1. The minimum absolute atomic E-state index is 0.00288. The second-order valence-corrected chi connectivity index (χ2v) is 7.42. The molecule has 2 aromatic rings. The van der Waals surface area contributed by atoms with Gasteiger partial charge in [-0.2, -0.15) is 0 Å². The minimum atomic E-state index is -0.547. The van der Waals surface area contributed by atoms with E-state index in [0.717, 1.165) is 0 Å². The van der Waals surface area contributed by atoms with Crippen LogP contribution < -0.4 is 10.5 Å². The lowest BCUT2D eigenvalue weighted by molar-refractivity contribution is -0.119. The number of hydrogen-bond acceptors (Lipinski definition) is 3. The lowest BCUT2D eigenvalue weighted by atomic mass is 9.78. The molecule has 0 aliphatic carbocycles. The van der Waals surface area contributed by atoms with Gasteiger partial charge in [0.15, 0.2) is 6.61 Å². The summed E-state index contributed by atoms with van der Waals surface area (Å²) < 4.78 is 5.31. The van der Waals surface area contributed by atoms with E-state index in [4.69, 9.17) is 10.5 Å². The molecular formula is C21H24N2O3. The van der Waals surface area contributed by atoms with Crippen LogP contribution in [0.5, 0.6) is 5.75 Å². The fourth-order valence-electron chi connectivity index (χ4n) is 3.59. The predicted octanol–water partition coefficient (Wildman–Crippen LogP) is 2.82. The quantitative estimate of drug-likeness (QED) is 0.899. The normalized spacial score (nSPS) is 18.5. The van der Waals surface area contributed by atoms with E-state index in [2.05, 4.69) is 26.0 Å². The maximum Gasteiger partial charge on any atom is 0.255 e. The Hall–Kier alpha value is -2.82. The Morgan fingerprint density at radius 1 is 1.15 bits per heavy atom. The van der Waals surface area contributed by atoms with Crippen LogP contribution in [0.15, 0.2) is 54.6 Å². The van der Waals surface area contributed by atoms with Gasteiger partial charge in [-0.3, -0.25) is 9.59 Å². The van der Waals surface area contributed by atoms with Gasteiger partial charge in [-0.1, -0.05) is 50.2 Å². The number of carbonyl (C=O) groups is 2. The van der Waals surface area contributed by atoms with Crippen LogP contribution in [0.3, 0.4) is 0 Å². The summed E-state index contributed by atoms with van der Waals surface area (Å²) in [5.74, 6) is 0.185. The highest BCUT2D eigenvalue weighted by Crippen LogP contribution is 2.42. The third-order valence-corrected chi connectivity index (χ3v) is 4.90. The molecule has 26 heavy (non-hydrogen) atoms. The molecule has 1 heterocycles. The fourth-order valence-corrected chi connectivity index (χ4v) is 3.59. The first-order valence-electron chi connectivity index (χ1n) is 8.72. The SMILES string of the molecule is CC1(C)CN(C(=O)c2cccc(OCC(N)=O)c2)C[C@@H]1c1ccccc1. The Morgan fingerprint density at radius 3 is 2.58 bits per heavy atom. The third kappa shape index (κ3) is 3.87. The molecule has 0 unspecified atom stereocenters. The van der Waals surface area contributed by atoms with Gasteiger partial charge in [0.1, 0.15) is 5.75 Å². The van der Waals surface area contributed by atoms with Crippen LogP contribution in [0.25, 0.3) is 0 Å². The molecule has 136 valence electrons. The molecule has 2 amide bonds. The molecular weight excluding hydrogens is 328 g/mol. The first kappa shape index (κ1) is 18.0. The van der Waals surface area contributed by atoms with Crippen molar-refractivity contribution in [3.63, 3.8) is 0 Å². The fraction of sp³-hybridized carbons (Fsp3) is 0.333. The Labute approximate surface area is 153 Å². The molecule has 0 spiro atoms. The zero-order valence-electron chi connectivity index (χ0n) is 15.1. The molecule has 0 bridgehead atoms. The van der Waals surface area contributed by atoms with Gasteiger partial charge < -0.3 is 15.4 Å². The summed E-state index contributed by atoms with van der Waals surface area (Å²) in [5.41, 5.74) is 6.90. The second kappa shape index (κ2) is 7.20. The number of primary amides is 1. The van der Waals surface area contributed by atoms with Gasteiger partial charge in [-0.25, -0.2) is 0 Å². The molecule has 1 aliphatic rings. The molecule has 5 heteroatoms. The van der Waals surface area contributed by atoms with E-state index >= 15 is 0 Å². The highest BCUT2D eigenvalue weighted by Gasteiger charge is 2.42. The molecule has 5 nitrogen and oxygen atoms in total. The number of benzene rings is 2. The van der Waals surface area contributed by atoms with Crippen LogP contribution in [0.1, 0.15) is 35.7 Å². The molecule has 1 fully saturated rings. The molecule has 2 aromatic carbocycles. The van der Waals surface area contributed by atoms with Gasteiger partial charge in [0, 0.05) is 24.6 Å². The molecule has 2 N–H and O–H groups in total. The largest absolute Gasteiger partial charge is 0.484 e. The predicted molar refractivity (Wildman–Crippen MR) is 100.0 cm³/mol. The van der Waals surface area contributed by atoms with Crippen molar-refractivity contribution in [3.8, 4) is 5.75 Å². The van der Waals surface area contributed by atoms with Crippen LogP contribution in [0, 0.1) is 5.41 Å². The molecule has 0 radical (unpaired) electrons. The summed E-state index contributed by atoms with van der Waals surface area (Å²) in [6, 6.07) is 17.2. The van der Waals surface area contributed by atoms with E-state index in [1.807, 2.05) is 23.1 Å². The smallest absolute Gasteiger partial charge is 0.255 e. The number of hydrogen-bond donors (Lipinski definition) is 1. The van der Waals surface area contributed by atoms with Crippen LogP contribution in [-0.2, 0) is 4.79 Å². The summed E-state index contributed by atoms with van der Waals surface area (Å²) in [6.45, 7) is 5.57. The van der Waals surface area contributed by atoms with E-state index in [1.165, 1.54) is 5.56 Å². The molecule has 1 aliphatic heterocycles. The van der Waals surface area contributed by atoms with E-state index in [0.29, 0.717) is 30.3 Å². The number of ether oxygens (including phenoxy) is 1. The summed E-state index contributed by atoms with van der Waals surface area (Å²) in [7, 11) is 0. The topological polar surface area (TPSA) is 72.6 Å². The van der Waals surface area contributed by atoms with Gasteiger partial charge in [0.25, 0.3) is 11.8 Å². The summed E-state index contributed by atoms with van der Waals surface area (Å²) in [6.07, 6.45) is 0. The van der Waals surface area contributed by atoms with Crippen molar-refractivity contribution >= 4 is 11.8 Å². The monoisotopic (exact) mass is 352 g/mol. The highest BCUT2D eigenvalue weighted by atomic mass is 16.5. The molecule has 1 saturated heterocycles. The number of carbonyl (C=O) groups excluding carboxylic acids is 2. The zero-order valence-corrected chi connectivity index (χ0v) is 15.1. The van der Waals surface area contributed by atoms with Crippen LogP contribution in [-0.4, -0.2) is 36.4 Å². The van der Waals surface area contributed by atoms with E-state index in [1.54, 1.807) is 24.3 Å². The summed E-state index contributed by atoms with van der Waals surface area (Å²) in [4.78, 5) is 25.7. The number of nitrogens with two attached hydrogens (primary N) is 1. The number of nitrogens with zero attached hydrogens (tertiary/aromatic N) is 1. The molecule has 0 aromatic heterocycles. The average Bonchev–Trinajstić information content (AvgIpc) is 2.95. The van der Waals surface area contributed by atoms with E-state index < -0.39 is 5.91 Å². The van der Waals surface area contributed by atoms with E-state index in [9.17, 15) is 9.59 Å². The number of rotatable bonds is 5. The average molecular weight is 352 g/mol. The Bertz CT molecular complexity index is 802. The highest BCUT2D eigenvalue weighted by molar-refractivity contribution is 5.95. The Balaban J connectivity index is 1.76. The lowest BCUT2D eigenvalue weighted by Crippen LogP contribution is -2.30. The molecule has 3 rings (SSSR count). The molecule has 0 saturated carbocycles. The molecule has 1 atom stereocenters. The zero-order chi connectivity index (χ0) is 18.7. The Kier molecular flexibility index (Phi) is 4.98. The first-order valence-corrected chi connectivity index (χ1v) is 8.72. The summed E-state index contributed by atoms with van der Waals surface area (Å²) >= 11 is 0. The van der Waals surface area contributed by atoms with Gasteiger partial charge in [0.05, 0.1) is 0 Å². The lowest BCUT2D eigenvalue weighted by Gasteiger charge is -2.25. The van der Waals surface area contributed by atoms with Crippen molar-refractivity contribution < 1.29 is 14.3 Å². The minimum Gasteiger partial charge on any atom is -0.484 e. The Morgan fingerprint density at radius 2 is 1.88 bits per heavy atom. The van der Waals surface area contributed by atoms with Crippen molar-refractivity contribution in [2.45, 2.75) is 19.8 Å². The standard InChI is InChI=1S/C21H24N2O3/c1-21(2)14-23(12-18(21)15-7-4-3-5-8-15)20(25)16-9-6-10-17(11-16)26-13-19(22)24/h3-11,18H,12-14H2,1-2H3,(H2,22,24)/t18-/m1/s1. The van der Waals surface area contributed by atoms with Crippen LogP contribution >= 0.6 is 0 Å². The third-order valence-electron chi connectivity index (χ3n) is 4.90. The van der Waals surface area contributed by atoms with Crippen LogP contribution in [0.2, 0.25) is 0 Å². The van der Waals surface area contributed by atoms with Crippen molar-refractivity contribution in [3.05, 3.63) is 65.7 Å². The summed E-state index contributed by atoms with van der Waals surface area (Å²) in [5, 5.41) is 0. The maximum absolute atomic E-state index is 13.0. The van der Waals surface area contributed by atoms with Crippen molar-refractivity contribution in [1.29, 1.82) is 0 Å². The maximum atomic E-state index is 13.0. The van der Waals surface area contributed by atoms with Gasteiger partial charge in [0.2, 0.25) is 0 Å². The van der Waals surface area contributed by atoms with Crippen molar-refractivity contribution in [2.75, 3.05) is 19.7 Å². The van der Waals surface area contributed by atoms with Crippen molar-refractivity contribution in [2.24, 2.45) is 11.1 Å². The number of amides is 2. The first-order chi connectivity index (χ1) is 12.4. The second-order valence-electron chi connectivity index (χ2n) is 7.42. The van der Waals surface area contributed by atoms with E-state index in [-0.39, 0.29) is 17.9 Å².